The van der Waals surface area contributed by atoms with Gasteiger partial charge in [0.1, 0.15) is 11.8 Å². The summed E-state index contributed by atoms with van der Waals surface area (Å²) in [5, 5.41) is 9.86. The van der Waals surface area contributed by atoms with Crippen molar-refractivity contribution < 1.29 is 14.6 Å². The Labute approximate surface area is 167 Å². The van der Waals surface area contributed by atoms with Crippen LogP contribution in [0.5, 0.6) is 5.75 Å². The SMILES string of the molecule is CCOc1ccccc1C(c1ccc(N(C)C)cc1)N1CCCCC1C(=O)O. The maximum Gasteiger partial charge on any atom is 0.320 e. The number of carbonyl (C=O) groups is 1. The number of likely N-dealkylation sites (tertiary alicyclic amines) is 1. The van der Waals surface area contributed by atoms with E-state index >= 15 is 0 Å². The molecule has 28 heavy (non-hydrogen) atoms. The van der Waals surface area contributed by atoms with Crippen LogP contribution in [0.25, 0.3) is 0 Å². The van der Waals surface area contributed by atoms with E-state index < -0.39 is 12.0 Å². The zero-order valence-electron chi connectivity index (χ0n) is 17.0. The van der Waals surface area contributed by atoms with Crippen molar-refractivity contribution in [2.75, 3.05) is 32.1 Å². The van der Waals surface area contributed by atoms with Crippen molar-refractivity contribution in [3.8, 4) is 5.75 Å². The number of ether oxygens (including phenoxy) is 1. The lowest BCUT2D eigenvalue weighted by atomic mass is 9.91. The van der Waals surface area contributed by atoms with E-state index in [-0.39, 0.29) is 6.04 Å². The summed E-state index contributed by atoms with van der Waals surface area (Å²) in [4.78, 5) is 16.2. The highest BCUT2D eigenvalue weighted by atomic mass is 16.5. The molecule has 1 fully saturated rings. The maximum atomic E-state index is 12.0. The molecule has 5 nitrogen and oxygen atoms in total. The molecule has 0 aliphatic carbocycles. The molecule has 0 bridgehead atoms. The molecule has 2 atom stereocenters. The van der Waals surface area contributed by atoms with E-state index in [1.807, 2.05) is 39.2 Å². The van der Waals surface area contributed by atoms with Crippen molar-refractivity contribution in [1.29, 1.82) is 0 Å². The second kappa shape index (κ2) is 9.11. The number of rotatable bonds is 7. The number of piperidine rings is 1. The summed E-state index contributed by atoms with van der Waals surface area (Å²) in [5.41, 5.74) is 3.23. The minimum absolute atomic E-state index is 0.152. The normalized spacial score (nSPS) is 18.5. The average Bonchev–Trinajstić information content (AvgIpc) is 2.70. The lowest BCUT2D eigenvalue weighted by Gasteiger charge is -2.40. The van der Waals surface area contributed by atoms with Gasteiger partial charge >= 0.3 is 5.97 Å². The molecule has 2 aromatic rings. The standard InChI is InChI=1S/C23H30N2O3/c1-4-28-21-11-6-5-9-19(21)22(17-12-14-18(15-13-17)24(2)3)25-16-8-7-10-20(25)23(26)27/h5-6,9,11-15,20,22H,4,7-8,10,16H2,1-3H3,(H,26,27). The fourth-order valence-corrected chi connectivity index (χ4v) is 4.03. The fourth-order valence-electron chi connectivity index (χ4n) is 4.03. The lowest BCUT2D eigenvalue weighted by Crippen LogP contribution is -2.46. The van der Waals surface area contributed by atoms with Gasteiger partial charge in [0, 0.05) is 25.3 Å². The van der Waals surface area contributed by atoms with Crippen LogP contribution < -0.4 is 9.64 Å². The van der Waals surface area contributed by atoms with E-state index in [1.165, 1.54) is 0 Å². The minimum atomic E-state index is -0.747. The molecule has 2 unspecified atom stereocenters. The first-order chi connectivity index (χ1) is 13.5. The first-order valence-corrected chi connectivity index (χ1v) is 10.0. The molecule has 150 valence electrons. The van der Waals surface area contributed by atoms with E-state index in [4.69, 9.17) is 4.74 Å². The van der Waals surface area contributed by atoms with Gasteiger partial charge < -0.3 is 14.7 Å². The van der Waals surface area contributed by atoms with Crippen molar-refractivity contribution in [2.45, 2.75) is 38.3 Å². The number of carboxylic acids is 1. The molecule has 1 aliphatic heterocycles. The smallest absolute Gasteiger partial charge is 0.320 e. The Balaban J connectivity index is 2.09. The Morgan fingerprint density at radius 2 is 1.89 bits per heavy atom. The van der Waals surface area contributed by atoms with E-state index in [0.717, 1.165) is 42.0 Å². The number of para-hydroxylation sites is 1. The summed E-state index contributed by atoms with van der Waals surface area (Å²) in [5.74, 6) is 0.0740. The van der Waals surface area contributed by atoms with Gasteiger partial charge in [0.05, 0.1) is 12.6 Å². The van der Waals surface area contributed by atoms with Crippen LogP contribution in [-0.4, -0.2) is 49.3 Å². The summed E-state index contributed by atoms with van der Waals surface area (Å²) >= 11 is 0. The second-order valence-corrected chi connectivity index (χ2v) is 7.45. The maximum absolute atomic E-state index is 12.0. The number of nitrogens with zero attached hydrogens (tertiary/aromatic N) is 2. The summed E-state index contributed by atoms with van der Waals surface area (Å²) in [6.45, 7) is 3.31. The Bertz CT molecular complexity index is 789. The van der Waals surface area contributed by atoms with Crippen molar-refractivity contribution in [3.05, 3.63) is 59.7 Å². The zero-order chi connectivity index (χ0) is 20.1. The third-order valence-corrected chi connectivity index (χ3v) is 5.40. The predicted octanol–water partition coefficient (Wildman–Crippen LogP) is 4.18. The van der Waals surface area contributed by atoms with Gasteiger partial charge in [-0.05, 0) is 50.1 Å². The molecule has 0 amide bonds. The van der Waals surface area contributed by atoms with Crippen LogP contribution in [0.3, 0.4) is 0 Å². The molecule has 1 N–H and O–H groups in total. The van der Waals surface area contributed by atoms with Gasteiger partial charge in [0.2, 0.25) is 0 Å². The van der Waals surface area contributed by atoms with Crippen molar-refractivity contribution in [1.82, 2.24) is 4.90 Å². The van der Waals surface area contributed by atoms with Crippen molar-refractivity contribution in [2.24, 2.45) is 0 Å². The second-order valence-electron chi connectivity index (χ2n) is 7.45. The van der Waals surface area contributed by atoms with E-state index in [2.05, 4.69) is 40.1 Å². The monoisotopic (exact) mass is 382 g/mol. The van der Waals surface area contributed by atoms with Crippen LogP contribution in [0, 0.1) is 0 Å². The Kier molecular flexibility index (Phi) is 6.57. The molecular formula is C23H30N2O3. The number of carboxylic acid groups (broad SMARTS) is 1. The molecule has 0 aromatic heterocycles. The quantitative estimate of drug-likeness (QED) is 0.779. The molecule has 1 aliphatic rings. The third-order valence-electron chi connectivity index (χ3n) is 5.40. The zero-order valence-corrected chi connectivity index (χ0v) is 17.0. The number of aliphatic carboxylic acids is 1. The van der Waals surface area contributed by atoms with E-state index in [9.17, 15) is 9.90 Å². The summed E-state index contributed by atoms with van der Waals surface area (Å²) in [6, 6.07) is 15.7. The Morgan fingerprint density at radius 1 is 1.18 bits per heavy atom. The van der Waals surface area contributed by atoms with Crippen LogP contribution in [-0.2, 0) is 4.79 Å². The van der Waals surface area contributed by atoms with Gasteiger partial charge in [-0.2, -0.15) is 0 Å². The molecule has 1 heterocycles. The molecule has 0 saturated carbocycles. The van der Waals surface area contributed by atoms with Gasteiger partial charge in [0.15, 0.2) is 0 Å². The van der Waals surface area contributed by atoms with Gasteiger partial charge in [-0.15, -0.1) is 0 Å². The van der Waals surface area contributed by atoms with Crippen LogP contribution in [0.4, 0.5) is 5.69 Å². The molecule has 0 spiro atoms. The summed E-state index contributed by atoms with van der Waals surface area (Å²) in [7, 11) is 4.03. The van der Waals surface area contributed by atoms with Crippen LogP contribution in [0.1, 0.15) is 43.4 Å². The number of hydrogen-bond acceptors (Lipinski definition) is 4. The number of benzene rings is 2. The molecule has 2 aromatic carbocycles. The first kappa shape index (κ1) is 20.2. The molecule has 0 radical (unpaired) electrons. The van der Waals surface area contributed by atoms with Gasteiger partial charge in [-0.1, -0.05) is 36.8 Å². The lowest BCUT2D eigenvalue weighted by molar-refractivity contribution is -0.145. The first-order valence-electron chi connectivity index (χ1n) is 10.0. The predicted molar refractivity (Wildman–Crippen MR) is 112 cm³/mol. The van der Waals surface area contributed by atoms with Gasteiger partial charge in [-0.3, -0.25) is 9.69 Å². The van der Waals surface area contributed by atoms with Gasteiger partial charge in [-0.25, -0.2) is 0 Å². The topological polar surface area (TPSA) is 53.0 Å². The van der Waals surface area contributed by atoms with Crippen molar-refractivity contribution >= 4 is 11.7 Å². The highest BCUT2D eigenvalue weighted by molar-refractivity contribution is 5.74. The molecule has 5 heteroatoms. The molecule has 3 rings (SSSR count). The minimum Gasteiger partial charge on any atom is -0.494 e. The van der Waals surface area contributed by atoms with Crippen LogP contribution in [0.2, 0.25) is 0 Å². The highest BCUT2D eigenvalue weighted by Crippen LogP contribution is 2.38. The number of hydrogen-bond donors (Lipinski definition) is 1. The van der Waals surface area contributed by atoms with E-state index in [0.29, 0.717) is 13.0 Å². The molecular weight excluding hydrogens is 352 g/mol. The van der Waals surface area contributed by atoms with Crippen LogP contribution in [0.15, 0.2) is 48.5 Å². The summed E-state index contributed by atoms with van der Waals surface area (Å²) in [6.07, 6.45) is 2.64. The average molecular weight is 383 g/mol. The Morgan fingerprint density at radius 3 is 2.54 bits per heavy atom. The van der Waals surface area contributed by atoms with E-state index in [1.54, 1.807) is 0 Å². The third kappa shape index (κ3) is 4.30. The van der Waals surface area contributed by atoms with Gasteiger partial charge in [0.25, 0.3) is 0 Å². The largest absolute Gasteiger partial charge is 0.494 e. The van der Waals surface area contributed by atoms with Crippen LogP contribution >= 0.6 is 0 Å². The fraction of sp³-hybridized carbons (Fsp3) is 0.435. The Hall–Kier alpha value is -2.53. The highest BCUT2D eigenvalue weighted by Gasteiger charge is 2.36. The summed E-state index contributed by atoms with van der Waals surface area (Å²) < 4.78 is 5.91. The van der Waals surface area contributed by atoms with Crippen molar-refractivity contribution in [3.63, 3.8) is 0 Å². The molecule has 1 saturated heterocycles. The number of anilines is 1.